The van der Waals surface area contributed by atoms with Crippen LogP contribution >= 0.6 is 0 Å². The first kappa shape index (κ1) is 19.2. The third-order valence-electron chi connectivity index (χ3n) is 3.58. The van der Waals surface area contributed by atoms with E-state index in [4.69, 9.17) is 9.47 Å². The van der Waals surface area contributed by atoms with Crippen molar-refractivity contribution < 1.29 is 23.5 Å². The fourth-order valence-corrected chi connectivity index (χ4v) is 2.16. The van der Waals surface area contributed by atoms with Crippen molar-refractivity contribution in [3.8, 4) is 5.75 Å². The fourth-order valence-electron chi connectivity index (χ4n) is 2.16. The lowest BCUT2D eigenvalue weighted by Crippen LogP contribution is -2.20. The minimum absolute atomic E-state index is 0.119. The SMILES string of the molecule is CCc1ccc(NC(=O)COC(=O)/C=C/c2ccc(OC)c(F)c2)cc1. The number of methoxy groups -OCH3 is 1. The smallest absolute Gasteiger partial charge is 0.331 e. The quantitative estimate of drug-likeness (QED) is 0.607. The Morgan fingerprint density at radius 3 is 2.50 bits per heavy atom. The van der Waals surface area contributed by atoms with Gasteiger partial charge in [-0.3, -0.25) is 4.79 Å². The third-order valence-corrected chi connectivity index (χ3v) is 3.58. The van der Waals surface area contributed by atoms with Crippen LogP contribution in [0.5, 0.6) is 5.75 Å². The molecule has 1 N–H and O–H groups in total. The summed E-state index contributed by atoms with van der Waals surface area (Å²) in [5, 5.41) is 2.64. The largest absolute Gasteiger partial charge is 0.494 e. The molecule has 5 nitrogen and oxygen atoms in total. The Balaban J connectivity index is 1.81. The summed E-state index contributed by atoms with van der Waals surface area (Å²) >= 11 is 0. The number of hydrogen-bond donors (Lipinski definition) is 1. The van der Waals surface area contributed by atoms with E-state index in [1.54, 1.807) is 18.2 Å². The monoisotopic (exact) mass is 357 g/mol. The van der Waals surface area contributed by atoms with Gasteiger partial charge in [0.05, 0.1) is 7.11 Å². The zero-order valence-corrected chi connectivity index (χ0v) is 14.6. The molecule has 0 saturated carbocycles. The summed E-state index contributed by atoms with van der Waals surface area (Å²) in [6.07, 6.45) is 3.44. The van der Waals surface area contributed by atoms with E-state index in [2.05, 4.69) is 5.32 Å². The molecule has 0 aromatic heterocycles. The predicted molar refractivity (Wildman–Crippen MR) is 97.4 cm³/mol. The van der Waals surface area contributed by atoms with Gasteiger partial charge in [0.25, 0.3) is 5.91 Å². The fraction of sp³-hybridized carbons (Fsp3) is 0.200. The first-order valence-corrected chi connectivity index (χ1v) is 8.09. The number of carbonyl (C=O) groups is 2. The summed E-state index contributed by atoms with van der Waals surface area (Å²) in [5.41, 5.74) is 2.27. The number of nitrogens with one attached hydrogen (secondary N) is 1. The molecule has 0 spiro atoms. The van der Waals surface area contributed by atoms with Gasteiger partial charge in [0.2, 0.25) is 0 Å². The van der Waals surface area contributed by atoms with Crippen LogP contribution in [0.15, 0.2) is 48.5 Å². The average Bonchev–Trinajstić information content (AvgIpc) is 2.65. The number of ether oxygens (including phenoxy) is 2. The Bertz CT molecular complexity index is 800. The minimum atomic E-state index is -0.697. The first-order valence-electron chi connectivity index (χ1n) is 8.09. The van der Waals surface area contributed by atoms with Crippen molar-refractivity contribution in [2.45, 2.75) is 13.3 Å². The van der Waals surface area contributed by atoms with Crippen LogP contribution in [-0.4, -0.2) is 25.6 Å². The van der Waals surface area contributed by atoms with E-state index >= 15 is 0 Å². The lowest BCUT2D eigenvalue weighted by Gasteiger charge is -2.06. The molecule has 2 aromatic rings. The Hall–Kier alpha value is -3.15. The van der Waals surface area contributed by atoms with Crippen molar-refractivity contribution in [1.82, 2.24) is 0 Å². The highest BCUT2D eigenvalue weighted by molar-refractivity contribution is 5.94. The number of hydrogen-bond acceptors (Lipinski definition) is 4. The molecule has 0 atom stereocenters. The van der Waals surface area contributed by atoms with Crippen LogP contribution in [-0.2, 0) is 20.7 Å². The molecule has 0 heterocycles. The number of carbonyl (C=O) groups excluding carboxylic acids is 2. The van der Waals surface area contributed by atoms with Gasteiger partial charge in [0, 0.05) is 11.8 Å². The predicted octanol–water partition coefficient (Wildman–Crippen LogP) is 3.59. The second-order valence-corrected chi connectivity index (χ2v) is 5.43. The number of esters is 1. The molecule has 26 heavy (non-hydrogen) atoms. The Morgan fingerprint density at radius 2 is 1.88 bits per heavy atom. The van der Waals surface area contributed by atoms with Crippen molar-refractivity contribution in [3.05, 3.63) is 65.5 Å². The molecule has 2 aromatic carbocycles. The standard InChI is InChI=1S/C20H20FNO4/c1-3-14-4-8-16(9-5-14)22-19(23)13-26-20(24)11-7-15-6-10-18(25-2)17(21)12-15/h4-12H,3,13H2,1-2H3,(H,22,23)/b11-7+. The highest BCUT2D eigenvalue weighted by atomic mass is 19.1. The molecular weight excluding hydrogens is 337 g/mol. The van der Waals surface area contributed by atoms with Crippen molar-refractivity contribution >= 4 is 23.6 Å². The van der Waals surface area contributed by atoms with E-state index in [-0.39, 0.29) is 5.75 Å². The van der Waals surface area contributed by atoms with Gasteiger partial charge in [0.15, 0.2) is 18.2 Å². The van der Waals surface area contributed by atoms with E-state index in [9.17, 15) is 14.0 Å². The van der Waals surface area contributed by atoms with E-state index in [0.717, 1.165) is 18.1 Å². The summed E-state index contributed by atoms with van der Waals surface area (Å²) in [5.74, 6) is -1.55. The van der Waals surface area contributed by atoms with Crippen molar-refractivity contribution in [2.75, 3.05) is 19.0 Å². The number of benzene rings is 2. The van der Waals surface area contributed by atoms with Crippen LogP contribution in [0, 0.1) is 5.82 Å². The Labute approximate surface area is 151 Å². The number of anilines is 1. The third kappa shape index (κ3) is 5.73. The number of halogens is 1. The van der Waals surface area contributed by atoms with E-state index in [0.29, 0.717) is 11.3 Å². The normalized spacial score (nSPS) is 10.6. The van der Waals surface area contributed by atoms with Gasteiger partial charge in [-0.2, -0.15) is 0 Å². The molecule has 0 bridgehead atoms. The van der Waals surface area contributed by atoms with Crippen LogP contribution < -0.4 is 10.1 Å². The maximum atomic E-state index is 13.6. The van der Waals surface area contributed by atoms with E-state index < -0.39 is 24.3 Å². The zero-order valence-electron chi connectivity index (χ0n) is 14.6. The summed E-state index contributed by atoms with van der Waals surface area (Å²) in [4.78, 5) is 23.4. The molecule has 0 saturated heterocycles. The Morgan fingerprint density at radius 1 is 1.15 bits per heavy atom. The van der Waals surface area contributed by atoms with Crippen LogP contribution in [0.25, 0.3) is 6.08 Å². The molecule has 0 aliphatic rings. The molecule has 0 radical (unpaired) electrons. The maximum absolute atomic E-state index is 13.6. The van der Waals surface area contributed by atoms with Gasteiger partial charge >= 0.3 is 5.97 Å². The van der Waals surface area contributed by atoms with Gasteiger partial charge in [0.1, 0.15) is 0 Å². The van der Waals surface area contributed by atoms with Gasteiger partial charge in [-0.15, -0.1) is 0 Å². The first-order chi connectivity index (χ1) is 12.5. The maximum Gasteiger partial charge on any atom is 0.331 e. The second kappa shape index (κ2) is 9.36. The minimum Gasteiger partial charge on any atom is -0.494 e. The van der Waals surface area contributed by atoms with E-state index in [1.165, 1.54) is 25.3 Å². The van der Waals surface area contributed by atoms with Crippen molar-refractivity contribution in [2.24, 2.45) is 0 Å². The molecule has 6 heteroatoms. The molecule has 136 valence electrons. The summed E-state index contributed by atoms with van der Waals surface area (Å²) in [7, 11) is 1.37. The Kier molecular flexibility index (Phi) is 6.91. The van der Waals surface area contributed by atoms with Gasteiger partial charge < -0.3 is 14.8 Å². The van der Waals surface area contributed by atoms with Crippen LogP contribution in [0.1, 0.15) is 18.1 Å². The van der Waals surface area contributed by atoms with Crippen molar-refractivity contribution in [3.63, 3.8) is 0 Å². The highest BCUT2D eigenvalue weighted by Gasteiger charge is 2.06. The van der Waals surface area contributed by atoms with E-state index in [1.807, 2.05) is 19.1 Å². The molecule has 0 unspecified atom stereocenters. The lowest BCUT2D eigenvalue weighted by atomic mass is 10.1. The average molecular weight is 357 g/mol. The summed E-state index contributed by atoms with van der Waals surface area (Å²) < 4.78 is 23.2. The van der Waals surface area contributed by atoms with Gasteiger partial charge in [-0.05, 0) is 47.9 Å². The highest BCUT2D eigenvalue weighted by Crippen LogP contribution is 2.18. The van der Waals surface area contributed by atoms with Gasteiger partial charge in [-0.25, -0.2) is 9.18 Å². The van der Waals surface area contributed by atoms with Crippen LogP contribution in [0.4, 0.5) is 10.1 Å². The van der Waals surface area contributed by atoms with Crippen molar-refractivity contribution in [1.29, 1.82) is 0 Å². The summed E-state index contributed by atoms with van der Waals surface area (Å²) in [6.45, 7) is 1.64. The summed E-state index contributed by atoms with van der Waals surface area (Å²) in [6, 6.07) is 11.7. The molecule has 0 fully saturated rings. The molecular formula is C20H20FNO4. The number of aryl methyl sites for hydroxylation is 1. The molecule has 0 aliphatic heterocycles. The topological polar surface area (TPSA) is 64.6 Å². The number of rotatable bonds is 7. The molecule has 1 amide bonds. The zero-order chi connectivity index (χ0) is 18.9. The number of amides is 1. The van der Waals surface area contributed by atoms with Crippen LogP contribution in [0.3, 0.4) is 0 Å². The molecule has 2 rings (SSSR count). The second-order valence-electron chi connectivity index (χ2n) is 5.43. The van der Waals surface area contributed by atoms with Gasteiger partial charge in [-0.1, -0.05) is 25.1 Å². The molecule has 0 aliphatic carbocycles. The lowest BCUT2D eigenvalue weighted by molar-refractivity contribution is -0.142. The van der Waals surface area contributed by atoms with Crippen LogP contribution in [0.2, 0.25) is 0 Å².